The van der Waals surface area contributed by atoms with Crippen molar-refractivity contribution in [2.45, 2.75) is 43.7 Å². The smallest absolute Gasteiger partial charge is 0.307 e. The fourth-order valence-corrected chi connectivity index (χ4v) is 3.46. The van der Waals surface area contributed by atoms with Gasteiger partial charge in [-0.2, -0.15) is 0 Å². The molecule has 3 rings (SSSR count). The third kappa shape index (κ3) is 2.02. The topological polar surface area (TPSA) is 70.0 Å². The molecule has 2 N–H and O–H groups in total. The lowest BCUT2D eigenvalue weighted by atomic mass is 10.0. The fourth-order valence-electron chi connectivity index (χ4n) is 3.46. The standard InChI is InChI=1S/C15H19NO4/c1-9(10-5-3-2-4-6-10)16-11-7-13(18)20-15(11)14(19)12(16)8-17/h2-6,9,11-12,14-15,17,19H,7-8H2,1H3/t9-,11-,12+,14-,15+/m0/s1. The first-order valence-corrected chi connectivity index (χ1v) is 6.94. The highest BCUT2D eigenvalue weighted by atomic mass is 16.6. The molecule has 2 heterocycles. The fraction of sp³-hybridized carbons (Fsp3) is 0.533. The Balaban J connectivity index is 1.91. The molecule has 0 spiro atoms. The Morgan fingerprint density at radius 3 is 2.75 bits per heavy atom. The van der Waals surface area contributed by atoms with Gasteiger partial charge in [-0.15, -0.1) is 0 Å². The second kappa shape index (κ2) is 5.16. The minimum atomic E-state index is -0.831. The van der Waals surface area contributed by atoms with Crippen LogP contribution in [0.25, 0.3) is 0 Å². The van der Waals surface area contributed by atoms with Crippen molar-refractivity contribution in [1.82, 2.24) is 4.90 Å². The number of aliphatic hydroxyl groups excluding tert-OH is 2. The second-order valence-electron chi connectivity index (χ2n) is 5.50. The number of benzene rings is 1. The Kier molecular flexibility index (Phi) is 3.50. The highest BCUT2D eigenvalue weighted by molar-refractivity contribution is 5.73. The molecule has 20 heavy (non-hydrogen) atoms. The summed E-state index contributed by atoms with van der Waals surface area (Å²) < 4.78 is 5.20. The largest absolute Gasteiger partial charge is 0.458 e. The summed E-state index contributed by atoms with van der Waals surface area (Å²) >= 11 is 0. The maximum absolute atomic E-state index is 11.5. The molecule has 2 aliphatic rings. The van der Waals surface area contributed by atoms with E-state index in [-0.39, 0.29) is 31.1 Å². The summed E-state index contributed by atoms with van der Waals surface area (Å²) in [4.78, 5) is 13.5. The van der Waals surface area contributed by atoms with Gasteiger partial charge in [-0.1, -0.05) is 30.3 Å². The van der Waals surface area contributed by atoms with Crippen LogP contribution >= 0.6 is 0 Å². The maximum Gasteiger partial charge on any atom is 0.307 e. The molecule has 2 fully saturated rings. The summed E-state index contributed by atoms with van der Waals surface area (Å²) in [6.07, 6.45) is -1.08. The van der Waals surface area contributed by atoms with Crippen molar-refractivity contribution in [3.63, 3.8) is 0 Å². The molecular weight excluding hydrogens is 258 g/mol. The first-order chi connectivity index (χ1) is 9.63. The minimum Gasteiger partial charge on any atom is -0.458 e. The van der Waals surface area contributed by atoms with E-state index in [0.29, 0.717) is 0 Å². The van der Waals surface area contributed by atoms with Gasteiger partial charge in [0, 0.05) is 6.04 Å². The van der Waals surface area contributed by atoms with Crippen LogP contribution < -0.4 is 0 Å². The van der Waals surface area contributed by atoms with Gasteiger partial charge in [0.25, 0.3) is 0 Å². The van der Waals surface area contributed by atoms with Crippen molar-refractivity contribution in [3.8, 4) is 0 Å². The van der Waals surface area contributed by atoms with Crippen molar-refractivity contribution < 1.29 is 19.7 Å². The van der Waals surface area contributed by atoms with Gasteiger partial charge >= 0.3 is 5.97 Å². The van der Waals surface area contributed by atoms with Gasteiger partial charge in [0.15, 0.2) is 0 Å². The lowest BCUT2D eigenvalue weighted by Gasteiger charge is -2.33. The number of carbonyl (C=O) groups excluding carboxylic acids is 1. The molecule has 0 unspecified atom stereocenters. The van der Waals surface area contributed by atoms with Crippen molar-refractivity contribution in [1.29, 1.82) is 0 Å². The van der Waals surface area contributed by atoms with Gasteiger partial charge in [-0.05, 0) is 12.5 Å². The van der Waals surface area contributed by atoms with Crippen LogP contribution in [0, 0.1) is 0 Å². The minimum absolute atomic E-state index is 0.00694. The lowest BCUT2D eigenvalue weighted by Crippen LogP contribution is -2.43. The number of nitrogens with zero attached hydrogens (tertiary/aromatic N) is 1. The summed E-state index contributed by atoms with van der Waals surface area (Å²) in [7, 11) is 0. The lowest BCUT2D eigenvalue weighted by molar-refractivity contribution is -0.145. The first kappa shape index (κ1) is 13.5. The van der Waals surface area contributed by atoms with E-state index < -0.39 is 18.2 Å². The molecule has 5 nitrogen and oxygen atoms in total. The number of likely N-dealkylation sites (tertiary alicyclic amines) is 1. The highest BCUT2D eigenvalue weighted by Gasteiger charge is 2.55. The normalized spacial score (nSPS) is 34.9. The third-order valence-corrected chi connectivity index (χ3v) is 4.44. The van der Waals surface area contributed by atoms with Gasteiger partial charge in [0.05, 0.1) is 25.1 Å². The van der Waals surface area contributed by atoms with Crippen LogP contribution in [0.1, 0.15) is 24.9 Å². The summed E-state index contributed by atoms with van der Waals surface area (Å²) in [5, 5.41) is 19.8. The van der Waals surface area contributed by atoms with Crippen LogP contribution in [0.4, 0.5) is 0 Å². The summed E-state index contributed by atoms with van der Waals surface area (Å²) in [5.41, 5.74) is 1.10. The zero-order valence-electron chi connectivity index (χ0n) is 11.3. The Morgan fingerprint density at radius 2 is 2.10 bits per heavy atom. The predicted octanol–water partition coefficient (Wildman–Crippen LogP) is 0.469. The zero-order valence-corrected chi connectivity index (χ0v) is 11.3. The predicted molar refractivity (Wildman–Crippen MR) is 71.9 cm³/mol. The monoisotopic (exact) mass is 277 g/mol. The number of hydrogen-bond donors (Lipinski definition) is 2. The first-order valence-electron chi connectivity index (χ1n) is 6.94. The molecule has 0 bridgehead atoms. The summed E-state index contributed by atoms with van der Waals surface area (Å²) in [6, 6.07) is 9.34. The molecule has 0 aromatic heterocycles. The highest BCUT2D eigenvalue weighted by Crippen LogP contribution is 2.40. The third-order valence-electron chi connectivity index (χ3n) is 4.44. The molecule has 108 valence electrons. The van der Waals surface area contributed by atoms with E-state index in [2.05, 4.69) is 0 Å². The molecule has 1 aromatic rings. The molecule has 0 radical (unpaired) electrons. The molecule has 1 aromatic carbocycles. The molecule has 0 amide bonds. The van der Waals surface area contributed by atoms with Gasteiger partial charge in [-0.3, -0.25) is 9.69 Å². The summed E-state index contributed by atoms with van der Waals surface area (Å²) in [5.74, 6) is -0.277. The number of carbonyl (C=O) groups is 1. The Bertz CT molecular complexity index is 492. The van der Waals surface area contributed by atoms with E-state index in [1.54, 1.807) is 0 Å². The average molecular weight is 277 g/mol. The van der Waals surface area contributed by atoms with E-state index in [1.165, 1.54) is 0 Å². The molecule has 0 aliphatic carbocycles. The second-order valence-corrected chi connectivity index (χ2v) is 5.50. The van der Waals surface area contributed by atoms with Gasteiger partial charge in [0.1, 0.15) is 12.2 Å². The van der Waals surface area contributed by atoms with E-state index in [4.69, 9.17) is 4.74 Å². The number of rotatable bonds is 3. The maximum atomic E-state index is 11.5. The average Bonchev–Trinajstić information content (AvgIpc) is 2.95. The van der Waals surface area contributed by atoms with Crippen molar-refractivity contribution in [3.05, 3.63) is 35.9 Å². The van der Waals surface area contributed by atoms with E-state index in [1.807, 2.05) is 42.2 Å². The molecular formula is C15H19NO4. The Morgan fingerprint density at radius 1 is 1.40 bits per heavy atom. The van der Waals surface area contributed by atoms with E-state index in [0.717, 1.165) is 5.56 Å². The van der Waals surface area contributed by atoms with Crippen molar-refractivity contribution >= 4 is 5.97 Å². The molecule has 5 heteroatoms. The van der Waals surface area contributed by atoms with Crippen LogP contribution in [-0.2, 0) is 9.53 Å². The summed E-state index contributed by atoms with van der Waals surface area (Å²) in [6.45, 7) is 1.87. The Labute approximate surface area is 117 Å². The van der Waals surface area contributed by atoms with Crippen molar-refractivity contribution in [2.24, 2.45) is 0 Å². The molecule has 5 atom stereocenters. The molecule has 2 aliphatic heterocycles. The van der Waals surface area contributed by atoms with Crippen LogP contribution in [0.2, 0.25) is 0 Å². The van der Waals surface area contributed by atoms with E-state index >= 15 is 0 Å². The molecule has 2 saturated heterocycles. The molecule has 0 saturated carbocycles. The number of hydrogen-bond acceptors (Lipinski definition) is 5. The Hall–Kier alpha value is -1.43. The number of esters is 1. The van der Waals surface area contributed by atoms with Gasteiger partial charge in [0.2, 0.25) is 0 Å². The van der Waals surface area contributed by atoms with Gasteiger partial charge in [-0.25, -0.2) is 0 Å². The SMILES string of the molecule is C[C@@H](c1ccccc1)N1[C@H](CO)[C@H](O)[C@@H]2OC(=O)C[C@@H]21. The van der Waals surface area contributed by atoms with Crippen LogP contribution in [-0.4, -0.2) is 52.0 Å². The van der Waals surface area contributed by atoms with Crippen molar-refractivity contribution in [2.75, 3.05) is 6.61 Å². The van der Waals surface area contributed by atoms with Gasteiger partial charge < -0.3 is 14.9 Å². The zero-order chi connectivity index (χ0) is 14.3. The number of ether oxygens (including phenoxy) is 1. The van der Waals surface area contributed by atoms with E-state index in [9.17, 15) is 15.0 Å². The number of fused-ring (bicyclic) bond motifs is 1. The van der Waals surface area contributed by atoms with Crippen LogP contribution in [0.3, 0.4) is 0 Å². The quantitative estimate of drug-likeness (QED) is 0.786. The number of aliphatic hydroxyl groups is 2. The van der Waals surface area contributed by atoms with Crippen LogP contribution in [0.5, 0.6) is 0 Å². The van der Waals surface area contributed by atoms with Crippen LogP contribution in [0.15, 0.2) is 30.3 Å².